The van der Waals surface area contributed by atoms with Gasteiger partial charge in [0, 0.05) is 20.0 Å². The summed E-state index contributed by atoms with van der Waals surface area (Å²) in [5.74, 6) is 0.504. The Morgan fingerprint density at radius 3 is 1.73 bits per heavy atom. The lowest BCUT2D eigenvalue weighted by molar-refractivity contribution is -0.131. The minimum atomic E-state index is -0.0821. The molecule has 0 aromatic heterocycles. The Morgan fingerprint density at radius 2 is 1.38 bits per heavy atom. The normalized spacial score (nSPS) is 11.1. The monoisotopic (exact) mass is 360 g/mol. The molecule has 146 valence electrons. The van der Waals surface area contributed by atoms with Crippen LogP contribution in [0, 0.1) is 0 Å². The molecule has 0 saturated carbocycles. The van der Waals surface area contributed by atoms with Crippen LogP contribution in [0.1, 0.15) is 84.3 Å². The van der Waals surface area contributed by atoms with E-state index in [1.807, 2.05) is 4.90 Å². The van der Waals surface area contributed by atoms with Crippen LogP contribution in [-0.4, -0.2) is 36.3 Å². The van der Waals surface area contributed by atoms with Crippen LogP contribution in [0.4, 0.5) is 5.69 Å². The van der Waals surface area contributed by atoms with Crippen LogP contribution in [0.15, 0.2) is 18.2 Å². The van der Waals surface area contributed by atoms with Gasteiger partial charge < -0.3 is 9.80 Å². The molecule has 0 heterocycles. The molecule has 4 heteroatoms. The smallest absolute Gasteiger partial charge is 0.242 e. The van der Waals surface area contributed by atoms with Gasteiger partial charge in [-0.15, -0.1) is 0 Å². The number of anilines is 1. The van der Waals surface area contributed by atoms with Crippen molar-refractivity contribution in [3.8, 4) is 0 Å². The zero-order valence-electron chi connectivity index (χ0n) is 17.6. The fourth-order valence-corrected chi connectivity index (χ4v) is 3.31. The Hall–Kier alpha value is -1.84. The predicted octanol–water partition coefficient (Wildman–Crippen LogP) is 4.93. The van der Waals surface area contributed by atoms with Gasteiger partial charge in [0.2, 0.25) is 11.8 Å². The zero-order chi connectivity index (χ0) is 19.9. The van der Waals surface area contributed by atoms with E-state index < -0.39 is 0 Å². The number of carbonyl (C=O) groups is 2. The summed E-state index contributed by atoms with van der Waals surface area (Å²) < 4.78 is 0. The van der Waals surface area contributed by atoms with Crippen molar-refractivity contribution in [1.82, 2.24) is 4.90 Å². The topological polar surface area (TPSA) is 40.6 Å². The maximum atomic E-state index is 12.9. The first kappa shape index (κ1) is 22.2. The average Bonchev–Trinajstić information content (AvgIpc) is 2.58. The maximum absolute atomic E-state index is 12.9. The van der Waals surface area contributed by atoms with Crippen LogP contribution in [0.3, 0.4) is 0 Å². The van der Waals surface area contributed by atoms with Crippen molar-refractivity contribution in [1.29, 1.82) is 0 Å². The minimum Gasteiger partial charge on any atom is -0.341 e. The molecule has 1 rings (SSSR count). The van der Waals surface area contributed by atoms with Gasteiger partial charge >= 0.3 is 0 Å². The summed E-state index contributed by atoms with van der Waals surface area (Å²) in [5.41, 5.74) is 3.17. The molecule has 0 aliphatic heterocycles. The van der Waals surface area contributed by atoms with Gasteiger partial charge in [-0.25, -0.2) is 0 Å². The number of amides is 2. The highest BCUT2D eigenvalue weighted by molar-refractivity contribution is 5.99. The standard InChI is InChI=1S/C22H36N2O2/c1-8-13-23(14-9-2)21(26)15-24(18(7)25)22-19(16(3)4)11-10-12-20(22)17(5)6/h10-12,16-17H,8-9,13-15H2,1-7H3. The molecule has 0 spiro atoms. The van der Waals surface area contributed by atoms with E-state index in [2.05, 4.69) is 59.7 Å². The number of para-hydroxylation sites is 1. The third-order valence-corrected chi connectivity index (χ3v) is 4.63. The number of rotatable bonds is 9. The molecule has 0 bridgehead atoms. The third kappa shape index (κ3) is 5.58. The number of benzene rings is 1. The number of nitrogens with zero attached hydrogens (tertiary/aromatic N) is 2. The second kappa shape index (κ2) is 10.3. The van der Waals surface area contributed by atoms with Crippen LogP contribution in [-0.2, 0) is 9.59 Å². The Bertz CT molecular complexity index is 576. The lowest BCUT2D eigenvalue weighted by atomic mass is 9.91. The van der Waals surface area contributed by atoms with Crippen LogP contribution in [0.2, 0.25) is 0 Å². The van der Waals surface area contributed by atoms with Gasteiger partial charge in [0.15, 0.2) is 0 Å². The molecule has 4 nitrogen and oxygen atoms in total. The maximum Gasteiger partial charge on any atom is 0.242 e. The van der Waals surface area contributed by atoms with Crippen LogP contribution in [0.25, 0.3) is 0 Å². The van der Waals surface area contributed by atoms with Crippen molar-refractivity contribution < 1.29 is 9.59 Å². The van der Waals surface area contributed by atoms with Crippen molar-refractivity contribution in [3.05, 3.63) is 29.3 Å². The zero-order valence-corrected chi connectivity index (χ0v) is 17.6. The third-order valence-electron chi connectivity index (χ3n) is 4.63. The second-order valence-corrected chi connectivity index (χ2v) is 7.58. The van der Waals surface area contributed by atoms with Gasteiger partial charge in [0.05, 0.1) is 5.69 Å². The minimum absolute atomic E-state index is 0.0252. The van der Waals surface area contributed by atoms with E-state index in [9.17, 15) is 9.59 Å². The van der Waals surface area contributed by atoms with E-state index in [0.717, 1.165) is 42.7 Å². The van der Waals surface area contributed by atoms with Gasteiger partial charge in [-0.2, -0.15) is 0 Å². The molecule has 0 unspecified atom stereocenters. The quantitative estimate of drug-likeness (QED) is 0.626. The highest BCUT2D eigenvalue weighted by Gasteiger charge is 2.25. The summed E-state index contributed by atoms with van der Waals surface area (Å²) in [6.07, 6.45) is 1.84. The molecule has 0 fully saturated rings. The van der Waals surface area contributed by atoms with Gasteiger partial charge in [-0.3, -0.25) is 9.59 Å². The highest BCUT2D eigenvalue weighted by atomic mass is 16.2. The molecule has 0 N–H and O–H groups in total. The SMILES string of the molecule is CCCN(CCC)C(=O)CN(C(C)=O)c1c(C(C)C)cccc1C(C)C. The van der Waals surface area contributed by atoms with E-state index in [-0.39, 0.29) is 30.2 Å². The Balaban J connectivity index is 3.33. The first-order valence-electron chi connectivity index (χ1n) is 9.93. The van der Waals surface area contributed by atoms with Gasteiger partial charge in [0.25, 0.3) is 0 Å². The molecule has 0 saturated heterocycles. The van der Waals surface area contributed by atoms with Gasteiger partial charge in [-0.1, -0.05) is 59.7 Å². The molecular formula is C22H36N2O2. The molecule has 1 aromatic rings. The summed E-state index contributed by atoms with van der Waals surface area (Å²) in [6, 6.07) is 6.19. The van der Waals surface area contributed by atoms with Crippen molar-refractivity contribution >= 4 is 17.5 Å². The molecule has 0 radical (unpaired) electrons. The Kier molecular flexibility index (Phi) is 8.83. The molecular weight excluding hydrogens is 324 g/mol. The van der Waals surface area contributed by atoms with Gasteiger partial charge in [-0.05, 0) is 35.8 Å². The van der Waals surface area contributed by atoms with Crippen molar-refractivity contribution in [2.45, 2.75) is 73.1 Å². The Morgan fingerprint density at radius 1 is 0.923 bits per heavy atom. The van der Waals surface area contributed by atoms with E-state index in [1.54, 1.807) is 11.8 Å². The molecule has 1 aromatic carbocycles. The Labute approximate surface area is 159 Å². The predicted molar refractivity (Wildman–Crippen MR) is 110 cm³/mol. The first-order valence-corrected chi connectivity index (χ1v) is 9.93. The van der Waals surface area contributed by atoms with E-state index >= 15 is 0 Å². The van der Waals surface area contributed by atoms with Crippen molar-refractivity contribution in [2.75, 3.05) is 24.5 Å². The summed E-state index contributed by atoms with van der Waals surface area (Å²) in [5, 5.41) is 0. The van der Waals surface area contributed by atoms with E-state index in [4.69, 9.17) is 0 Å². The molecule has 0 atom stereocenters. The summed E-state index contributed by atoms with van der Waals surface area (Å²) in [6.45, 7) is 15.8. The summed E-state index contributed by atoms with van der Waals surface area (Å²) in [4.78, 5) is 29.0. The van der Waals surface area contributed by atoms with E-state index in [1.165, 1.54) is 0 Å². The molecule has 2 amide bonds. The van der Waals surface area contributed by atoms with Gasteiger partial charge in [0.1, 0.15) is 6.54 Å². The molecule has 0 aliphatic rings. The lowest BCUT2D eigenvalue weighted by Crippen LogP contribution is -2.43. The number of hydrogen-bond acceptors (Lipinski definition) is 2. The molecule has 0 aliphatic carbocycles. The first-order chi connectivity index (χ1) is 12.2. The van der Waals surface area contributed by atoms with Crippen LogP contribution < -0.4 is 4.90 Å². The number of carbonyl (C=O) groups excluding carboxylic acids is 2. The highest BCUT2D eigenvalue weighted by Crippen LogP contribution is 2.35. The van der Waals surface area contributed by atoms with Crippen LogP contribution in [0.5, 0.6) is 0 Å². The lowest BCUT2D eigenvalue weighted by Gasteiger charge is -2.31. The van der Waals surface area contributed by atoms with E-state index in [0.29, 0.717) is 0 Å². The second-order valence-electron chi connectivity index (χ2n) is 7.58. The molecule has 26 heavy (non-hydrogen) atoms. The summed E-state index contributed by atoms with van der Waals surface area (Å²) >= 11 is 0. The fraction of sp³-hybridized carbons (Fsp3) is 0.636. The number of hydrogen-bond donors (Lipinski definition) is 0. The largest absolute Gasteiger partial charge is 0.341 e. The van der Waals surface area contributed by atoms with Crippen molar-refractivity contribution in [2.24, 2.45) is 0 Å². The summed E-state index contributed by atoms with van der Waals surface area (Å²) in [7, 11) is 0. The average molecular weight is 361 g/mol. The van der Waals surface area contributed by atoms with Crippen LogP contribution >= 0.6 is 0 Å². The van der Waals surface area contributed by atoms with Crippen molar-refractivity contribution in [3.63, 3.8) is 0 Å². The fourth-order valence-electron chi connectivity index (χ4n) is 3.31.